The second-order valence-electron chi connectivity index (χ2n) is 10.4. The topological polar surface area (TPSA) is 126 Å². The molecule has 0 bridgehead atoms. The molecule has 0 radical (unpaired) electrons. The third kappa shape index (κ3) is 8.74. The van der Waals surface area contributed by atoms with Crippen molar-refractivity contribution < 1.29 is 23.9 Å². The Bertz CT molecular complexity index is 826. The second kappa shape index (κ2) is 11.4. The maximum atomic E-state index is 13.2. The molecule has 1 aromatic rings. The summed E-state index contributed by atoms with van der Waals surface area (Å²) in [5, 5.41) is 3.14. The molecule has 0 saturated carbocycles. The number of hydrogen-bond acceptors (Lipinski definition) is 7. The quantitative estimate of drug-likeness (QED) is 0.326. The summed E-state index contributed by atoms with van der Waals surface area (Å²) in [6.45, 7) is 11.8. The van der Waals surface area contributed by atoms with Crippen LogP contribution in [0.25, 0.3) is 0 Å². The fraction of sp³-hybridized carbons (Fsp3) is 0.625. The molecule has 1 atom stereocenters. The third-order valence-electron chi connectivity index (χ3n) is 5.14. The van der Waals surface area contributed by atoms with Gasteiger partial charge in [0.2, 0.25) is 0 Å². The van der Waals surface area contributed by atoms with Crippen molar-refractivity contribution in [3.05, 3.63) is 30.3 Å². The van der Waals surface area contributed by atoms with Crippen LogP contribution < -0.4 is 16.6 Å². The highest BCUT2D eigenvalue weighted by Gasteiger charge is 2.36. The second-order valence-corrected chi connectivity index (χ2v) is 10.4. The summed E-state index contributed by atoms with van der Waals surface area (Å²) in [6, 6.07) is 8.19. The lowest BCUT2D eigenvalue weighted by Crippen LogP contribution is -2.56. The maximum absolute atomic E-state index is 13.2. The fourth-order valence-corrected chi connectivity index (χ4v) is 3.61. The predicted molar refractivity (Wildman–Crippen MR) is 130 cm³/mol. The van der Waals surface area contributed by atoms with E-state index >= 15 is 0 Å². The van der Waals surface area contributed by atoms with Crippen molar-refractivity contribution in [1.82, 2.24) is 15.2 Å². The Balaban J connectivity index is 2.18. The standard InChI is InChI=1S/C24H39N5O5/c1-23(2,3)33-21(31)28-14-12-18(13-15-28)29(22(32)34-24(4,5)6)16-19(20(30)27-25)26-17-10-8-7-9-11-17/h7-11,18-19,26H,12-16,25H2,1-6H3,(H,27,30)/t19-/m0/s1. The lowest BCUT2D eigenvalue weighted by molar-refractivity contribution is -0.122. The molecule has 190 valence electrons. The molecule has 4 N–H and O–H groups in total. The monoisotopic (exact) mass is 477 g/mol. The number of anilines is 1. The molecule has 1 aromatic carbocycles. The Hall–Kier alpha value is -3.01. The summed E-state index contributed by atoms with van der Waals surface area (Å²) in [5.41, 5.74) is 1.61. The van der Waals surface area contributed by atoms with Crippen molar-refractivity contribution >= 4 is 23.8 Å². The van der Waals surface area contributed by atoms with Crippen LogP contribution in [-0.4, -0.2) is 70.8 Å². The zero-order valence-corrected chi connectivity index (χ0v) is 21.1. The van der Waals surface area contributed by atoms with Gasteiger partial charge in [-0.25, -0.2) is 15.4 Å². The van der Waals surface area contributed by atoms with Crippen LogP contribution >= 0.6 is 0 Å². The van der Waals surface area contributed by atoms with E-state index in [1.165, 1.54) is 0 Å². The lowest BCUT2D eigenvalue weighted by atomic mass is 10.0. The number of rotatable bonds is 6. The number of likely N-dealkylation sites (tertiary alicyclic amines) is 1. The van der Waals surface area contributed by atoms with Gasteiger partial charge in [0, 0.05) is 24.8 Å². The number of carbonyl (C=O) groups excluding carboxylic acids is 3. The molecule has 1 heterocycles. The molecule has 10 heteroatoms. The zero-order valence-electron chi connectivity index (χ0n) is 21.1. The van der Waals surface area contributed by atoms with Gasteiger partial charge in [0.05, 0.1) is 6.54 Å². The summed E-state index contributed by atoms with van der Waals surface area (Å²) in [5.74, 6) is 4.97. The van der Waals surface area contributed by atoms with Crippen LogP contribution in [0.5, 0.6) is 0 Å². The molecule has 1 saturated heterocycles. The molecule has 3 amide bonds. The SMILES string of the molecule is CC(C)(C)OC(=O)N1CCC(N(C[C@H](Nc2ccccc2)C(=O)NN)C(=O)OC(C)(C)C)CC1. The first kappa shape index (κ1) is 27.2. The summed E-state index contributed by atoms with van der Waals surface area (Å²) >= 11 is 0. The summed E-state index contributed by atoms with van der Waals surface area (Å²) in [6.07, 6.45) is 0.162. The van der Waals surface area contributed by atoms with E-state index in [9.17, 15) is 14.4 Å². The van der Waals surface area contributed by atoms with Crippen molar-refractivity contribution in [3.63, 3.8) is 0 Å². The summed E-state index contributed by atoms with van der Waals surface area (Å²) in [7, 11) is 0. The third-order valence-corrected chi connectivity index (χ3v) is 5.14. The van der Waals surface area contributed by atoms with E-state index < -0.39 is 29.2 Å². The molecular formula is C24H39N5O5. The van der Waals surface area contributed by atoms with Gasteiger partial charge < -0.3 is 24.6 Å². The van der Waals surface area contributed by atoms with Gasteiger partial charge in [-0.05, 0) is 66.5 Å². The molecule has 1 aliphatic heterocycles. The van der Waals surface area contributed by atoms with E-state index in [0.717, 1.165) is 5.69 Å². The van der Waals surface area contributed by atoms with Crippen molar-refractivity contribution in [2.45, 2.75) is 77.7 Å². The van der Waals surface area contributed by atoms with E-state index in [4.69, 9.17) is 15.3 Å². The van der Waals surface area contributed by atoms with E-state index in [1.807, 2.05) is 51.1 Å². The Morgan fingerprint density at radius 1 is 1.03 bits per heavy atom. The van der Waals surface area contributed by atoms with Crippen LogP contribution in [0.3, 0.4) is 0 Å². The van der Waals surface area contributed by atoms with Crippen LogP contribution in [0.2, 0.25) is 0 Å². The van der Waals surface area contributed by atoms with Crippen molar-refractivity contribution in [1.29, 1.82) is 0 Å². The molecule has 1 fully saturated rings. The van der Waals surface area contributed by atoms with Crippen molar-refractivity contribution in [3.8, 4) is 0 Å². The minimum Gasteiger partial charge on any atom is -0.444 e. The highest BCUT2D eigenvalue weighted by atomic mass is 16.6. The average molecular weight is 478 g/mol. The minimum atomic E-state index is -0.802. The van der Waals surface area contributed by atoms with Crippen LogP contribution in [0.1, 0.15) is 54.4 Å². The maximum Gasteiger partial charge on any atom is 0.410 e. The van der Waals surface area contributed by atoms with Gasteiger partial charge in [0.1, 0.15) is 17.2 Å². The number of nitrogens with one attached hydrogen (secondary N) is 2. The number of nitrogens with zero attached hydrogens (tertiary/aromatic N) is 2. The van der Waals surface area contributed by atoms with E-state index in [1.54, 1.807) is 30.6 Å². The number of benzene rings is 1. The normalized spacial score (nSPS) is 15.8. The largest absolute Gasteiger partial charge is 0.444 e. The number of hydrazine groups is 1. The van der Waals surface area contributed by atoms with Gasteiger partial charge in [-0.15, -0.1) is 0 Å². The number of nitrogens with two attached hydrogens (primary N) is 1. The van der Waals surface area contributed by atoms with E-state index in [0.29, 0.717) is 25.9 Å². The van der Waals surface area contributed by atoms with Gasteiger partial charge in [-0.3, -0.25) is 10.2 Å². The molecule has 0 aromatic heterocycles. The van der Waals surface area contributed by atoms with Crippen molar-refractivity contribution in [2.75, 3.05) is 25.0 Å². The van der Waals surface area contributed by atoms with Crippen LogP contribution in [0.4, 0.5) is 15.3 Å². The molecule has 0 aliphatic carbocycles. The molecule has 0 spiro atoms. The molecule has 2 rings (SSSR count). The fourth-order valence-electron chi connectivity index (χ4n) is 3.61. The summed E-state index contributed by atoms with van der Waals surface area (Å²) < 4.78 is 11.1. The number of ether oxygens (including phenoxy) is 2. The number of para-hydroxylation sites is 1. The van der Waals surface area contributed by atoms with Crippen LogP contribution in [0.15, 0.2) is 30.3 Å². The smallest absolute Gasteiger partial charge is 0.410 e. The van der Waals surface area contributed by atoms with Gasteiger partial charge in [0.25, 0.3) is 5.91 Å². The van der Waals surface area contributed by atoms with Gasteiger partial charge >= 0.3 is 12.2 Å². The van der Waals surface area contributed by atoms with Crippen LogP contribution in [-0.2, 0) is 14.3 Å². The predicted octanol–water partition coefficient (Wildman–Crippen LogP) is 3.09. The Labute approximate surface area is 202 Å². The first-order valence-electron chi connectivity index (χ1n) is 11.6. The van der Waals surface area contributed by atoms with Gasteiger partial charge in [-0.2, -0.15) is 0 Å². The number of piperidine rings is 1. The van der Waals surface area contributed by atoms with E-state index in [-0.39, 0.29) is 18.7 Å². The highest BCUT2D eigenvalue weighted by Crippen LogP contribution is 2.22. The first-order chi connectivity index (χ1) is 15.8. The lowest BCUT2D eigenvalue weighted by Gasteiger charge is -2.40. The Morgan fingerprint density at radius 2 is 1.59 bits per heavy atom. The molecule has 34 heavy (non-hydrogen) atoms. The van der Waals surface area contributed by atoms with Crippen LogP contribution in [0, 0.1) is 0 Å². The number of hydrogen-bond donors (Lipinski definition) is 3. The molecule has 10 nitrogen and oxygen atoms in total. The first-order valence-corrected chi connectivity index (χ1v) is 11.6. The average Bonchev–Trinajstić information content (AvgIpc) is 2.74. The Morgan fingerprint density at radius 3 is 2.09 bits per heavy atom. The minimum absolute atomic E-state index is 0.0456. The van der Waals surface area contributed by atoms with Gasteiger partial charge in [-0.1, -0.05) is 18.2 Å². The van der Waals surface area contributed by atoms with E-state index in [2.05, 4.69) is 10.7 Å². The number of carbonyl (C=O) groups is 3. The van der Waals surface area contributed by atoms with Gasteiger partial charge in [0.15, 0.2) is 0 Å². The van der Waals surface area contributed by atoms with Crippen molar-refractivity contribution in [2.24, 2.45) is 5.84 Å². The molecule has 0 unspecified atom stereocenters. The Kier molecular flexibility index (Phi) is 9.14. The number of amides is 3. The molecule has 1 aliphatic rings. The molecular weight excluding hydrogens is 438 g/mol. The zero-order chi connectivity index (χ0) is 25.5. The summed E-state index contributed by atoms with van der Waals surface area (Å²) in [4.78, 5) is 41.4. The highest BCUT2D eigenvalue weighted by molar-refractivity contribution is 5.85.